The van der Waals surface area contributed by atoms with Crippen LogP contribution in [0.2, 0.25) is 0 Å². The lowest BCUT2D eigenvalue weighted by atomic mass is 10.0. The summed E-state index contributed by atoms with van der Waals surface area (Å²) in [5.41, 5.74) is 2.64. The van der Waals surface area contributed by atoms with Crippen LogP contribution in [0.3, 0.4) is 0 Å². The van der Waals surface area contributed by atoms with E-state index in [1.807, 2.05) is 54.6 Å². The van der Waals surface area contributed by atoms with Crippen molar-refractivity contribution < 1.29 is 9.53 Å². The average molecular weight is 370 g/mol. The number of hydrogen-bond donors (Lipinski definition) is 2. The van der Waals surface area contributed by atoms with Gasteiger partial charge in [0, 0.05) is 35.1 Å². The third-order valence-corrected chi connectivity index (χ3v) is 4.31. The molecule has 0 saturated heterocycles. The minimum Gasteiger partial charge on any atom is -0.451 e. The van der Waals surface area contributed by atoms with Crippen LogP contribution in [0.15, 0.2) is 83.7 Å². The smallest absolute Gasteiger partial charge is 0.292 e. The van der Waals surface area contributed by atoms with Crippen LogP contribution in [-0.2, 0) is 4.79 Å². The minimum absolute atomic E-state index is 0.175. The predicted octanol–water partition coefficient (Wildman–Crippen LogP) is 4.95. The number of benzene rings is 3. The molecule has 138 valence electrons. The Morgan fingerprint density at radius 3 is 2.46 bits per heavy atom. The van der Waals surface area contributed by atoms with E-state index in [2.05, 4.69) is 10.3 Å². The van der Waals surface area contributed by atoms with Gasteiger partial charge in [-0.25, -0.2) is 0 Å². The first-order chi connectivity index (χ1) is 13.6. The summed E-state index contributed by atoms with van der Waals surface area (Å²) < 4.78 is 6.03. The molecule has 0 aliphatic carbocycles. The fourth-order valence-electron chi connectivity index (χ4n) is 3.17. The first-order valence-corrected chi connectivity index (χ1v) is 8.88. The van der Waals surface area contributed by atoms with Gasteiger partial charge in [0.1, 0.15) is 5.75 Å². The highest BCUT2D eigenvalue weighted by Gasteiger charge is 2.16. The molecule has 0 radical (unpaired) electrons. The molecule has 0 aliphatic heterocycles. The number of ether oxygens (including phenoxy) is 1. The fourth-order valence-corrected chi connectivity index (χ4v) is 3.17. The summed E-state index contributed by atoms with van der Waals surface area (Å²) in [5, 5.41) is 3.61. The second-order valence-electron chi connectivity index (χ2n) is 6.38. The summed E-state index contributed by atoms with van der Waals surface area (Å²) >= 11 is 0. The highest BCUT2D eigenvalue weighted by atomic mass is 16.5. The maximum atomic E-state index is 12.8. The Hall–Kier alpha value is -3.86. The highest BCUT2D eigenvalue weighted by molar-refractivity contribution is 5.97. The van der Waals surface area contributed by atoms with Gasteiger partial charge in [-0.1, -0.05) is 54.6 Å². The summed E-state index contributed by atoms with van der Waals surface area (Å²) in [6, 6.07) is 24.2. The second kappa shape index (κ2) is 7.40. The van der Waals surface area contributed by atoms with E-state index in [0.29, 0.717) is 11.4 Å². The van der Waals surface area contributed by atoms with Crippen molar-refractivity contribution in [3.8, 4) is 22.6 Å². The number of aromatic amines is 1. The Bertz CT molecular complexity index is 1210. The average Bonchev–Trinajstić information content (AvgIpc) is 2.69. The lowest BCUT2D eigenvalue weighted by Gasteiger charge is -2.14. The zero-order valence-electron chi connectivity index (χ0n) is 15.2. The van der Waals surface area contributed by atoms with Crippen molar-refractivity contribution in [1.82, 2.24) is 4.98 Å². The molecule has 0 atom stereocenters. The van der Waals surface area contributed by atoms with Gasteiger partial charge in [-0.2, -0.15) is 0 Å². The number of hydrogen-bond acceptors (Lipinski definition) is 3. The molecule has 0 saturated carbocycles. The second-order valence-corrected chi connectivity index (χ2v) is 6.38. The van der Waals surface area contributed by atoms with Gasteiger partial charge in [0.2, 0.25) is 11.7 Å². The van der Waals surface area contributed by atoms with Gasteiger partial charge in [0.05, 0.1) is 0 Å². The quantitative estimate of drug-likeness (QED) is 0.534. The summed E-state index contributed by atoms with van der Waals surface area (Å²) in [6.07, 6.45) is 0. The molecule has 0 fully saturated rings. The molecular formula is C23H18N2O3. The van der Waals surface area contributed by atoms with E-state index in [4.69, 9.17) is 4.74 Å². The number of rotatable bonds is 4. The molecular weight excluding hydrogens is 352 g/mol. The number of fused-ring (bicyclic) bond motifs is 1. The molecule has 28 heavy (non-hydrogen) atoms. The number of aromatic nitrogens is 1. The maximum Gasteiger partial charge on any atom is 0.292 e. The molecule has 0 bridgehead atoms. The summed E-state index contributed by atoms with van der Waals surface area (Å²) in [6.45, 7) is 1.44. The number of H-pyrrole nitrogens is 1. The van der Waals surface area contributed by atoms with Crippen LogP contribution in [0.25, 0.3) is 22.0 Å². The van der Waals surface area contributed by atoms with Crippen LogP contribution in [0.5, 0.6) is 11.5 Å². The normalized spacial score (nSPS) is 10.6. The van der Waals surface area contributed by atoms with Gasteiger partial charge in [0.25, 0.3) is 5.56 Å². The Labute approximate surface area is 161 Å². The van der Waals surface area contributed by atoms with E-state index < -0.39 is 0 Å². The van der Waals surface area contributed by atoms with E-state index >= 15 is 0 Å². The standard InChI is InChI=1S/C23H18N2O3/c1-15(26)24-17-10-7-11-18(14-17)28-22-21(16-8-3-2-4-9-16)19-12-5-6-13-20(19)25-23(22)27/h2-14H,1H3,(H,24,26)(H,25,27). The molecule has 0 unspecified atom stereocenters. The van der Waals surface area contributed by atoms with Crippen molar-refractivity contribution in [2.75, 3.05) is 5.32 Å². The monoisotopic (exact) mass is 370 g/mol. The van der Waals surface area contributed by atoms with Crippen molar-refractivity contribution in [1.29, 1.82) is 0 Å². The van der Waals surface area contributed by atoms with Gasteiger partial charge < -0.3 is 15.0 Å². The molecule has 0 aliphatic rings. The van der Waals surface area contributed by atoms with Crippen molar-refractivity contribution in [3.63, 3.8) is 0 Å². The van der Waals surface area contributed by atoms with Crippen molar-refractivity contribution in [2.24, 2.45) is 0 Å². The van der Waals surface area contributed by atoms with Gasteiger partial charge in [-0.05, 0) is 23.8 Å². The van der Waals surface area contributed by atoms with E-state index in [9.17, 15) is 9.59 Å². The first kappa shape index (κ1) is 17.5. The van der Waals surface area contributed by atoms with E-state index in [1.165, 1.54) is 6.92 Å². The van der Waals surface area contributed by atoms with Crippen LogP contribution in [0.4, 0.5) is 5.69 Å². The zero-order valence-corrected chi connectivity index (χ0v) is 15.2. The molecule has 1 amide bonds. The van der Waals surface area contributed by atoms with Crippen molar-refractivity contribution >= 4 is 22.5 Å². The van der Waals surface area contributed by atoms with Gasteiger partial charge in [-0.15, -0.1) is 0 Å². The SMILES string of the molecule is CC(=O)Nc1cccc(Oc2c(-c3ccccc3)c3ccccc3[nH]c2=O)c1. The summed E-state index contributed by atoms with van der Waals surface area (Å²) in [5.74, 6) is 0.500. The van der Waals surface area contributed by atoms with Gasteiger partial charge >= 0.3 is 0 Å². The minimum atomic E-state index is -0.317. The van der Waals surface area contributed by atoms with Gasteiger partial charge in [-0.3, -0.25) is 9.59 Å². The highest BCUT2D eigenvalue weighted by Crippen LogP contribution is 2.36. The molecule has 4 aromatic rings. The lowest BCUT2D eigenvalue weighted by molar-refractivity contribution is -0.114. The first-order valence-electron chi connectivity index (χ1n) is 8.88. The zero-order chi connectivity index (χ0) is 19.5. The van der Waals surface area contributed by atoms with Gasteiger partial charge in [0.15, 0.2) is 0 Å². The molecule has 5 heteroatoms. The molecule has 5 nitrogen and oxygen atoms in total. The predicted molar refractivity (Wildman–Crippen MR) is 111 cm³/mol. The molecule has 1 heterocycles. The van der Waals surface area contributed by atoms with E-state index in [1.54, 1.807) is 24.3 Å². The van der Waals surface area contributed by atoms with Crippen LogP contribution >= 0.6 is 0 Å². The summed E-state index contributed by atoms with van der Waals surface area (Å²) in [7, 11) is 0. The molecule has 1 aromatic heterocycles. The number of pyridine rings is 1. The molecule has 3 aromatic carbocycles. The van der Waals surface area contributed by atoms with Crippen LogP contribution in [0.1, 0.15) is 6.92 Å². The number of carbonyl (C=O) groups excluding carboxylic acids is 1. The third kappa shape index (κ3) is 3.50. The number of carbonyl (C=O) groups is 1. The largest absolute Gasteiger partial charge is 0.451 e. The number of nitrogens with one attached hydrogen (secondary N) is 2. The number of para-hydroxylation sites is 1. The Morgan fingerprint density at radius 2 is 1.68 bits per heavy atom. The fraction of sp³-hybridized carbons (Fsp3) is 0.0435. The van der Waals surface area contributed by atoms with Crippen LogP contribution in [0, 0.1) is 0 Å². The van der Waals surface area contributed by atoms with Crippen molar-refractivity contribution in [3.05, 3.63) is 89.2 Å². The van der Waals surface area contributed by atoms with Crippen LogP contribution in [-0.4, -0.2) is 10.9 Å². The number of anilines is 1. The van der Waals surface area contributed by atoms with E-state index in [-0.39, 0.29) is 17.2 Å². The number of amides is 1. The lowest BCUT2D eigenvalue weighted by Crippen LogP contribution is -2.11. The maximum absolute atomic E-state index is 12.8. The summed E-state index contributed by atoms with van der Waals surface area (Å²) in [4.78, 5) is 27.0. The molecule has 2 N–H and O–H groups in total. The topological polar surface area (TPSA) is 71.2 Å². The van der Waals surface area contributed by atoms with Crippen molar-refractivity contribution in [2.45, 2.75) is 6.92 Å². The van der Waals surface area contributed by atoms with Crippen LogP contribution < -0.4 is 15.6 Å². The third-order valence-electron chi connectivity index (χ3n) is 4.31. The Morgan fingerprint density at radius 1 is 0.929 bits per heavy atom. The molecule has 4 rings (SSSR count). The Kier molecular flexibility index (Phi) is 4.64. The van der Waals surface area contributed by atoms with E-state index in [0.717, 1.165) is 22.0 Å². The molecule has 0 spiro atoms. The Balaban J connectivity index is 1.89.